The number of carbonyl (C=O) groups is 3. The Bertz CT molecular complexity index is 516. The second-order valence-electron chi connectivity index (χ2n) is 4.11. The van der Waals surface area contributed by atoms with Gasteiger partial charge < -0.3 is 14.8 Å². The summed E-state index contributed by atoms with van der Waals surface area (Å²) in [6.45, 7) is 2.06. The van der Waals surface area contributed by atoms with Gasteiger partial charge in [-0.3, -0.25) is 10.1 Å². The van der Waals surface area contributed by atoms with Crippen molar-refractivity contribution in [1.29, 1.82) is 0 Å². The van der Waals surface area contributed by atoms with Gasteiger partial charge in [-0.15, -0.1) is 0 Å². The van der Waals surface area contributed by atoms with Crippen molar-refractivity contribution in [1.82, 2.24) is 10.6 Å². The molecule has 1 rings (SSSR count). The highest BCUT2D eigenvalue weighted by Crippen LogP contribution is 2.13. The van der Waals surface area contributed by atoms with Crippen molar-refractivity contribution in [3.63, 3.8) is 0 Å². The fraction of sp³-hybridized carbons (Fsp3) is 0.357. The van der Waals surface area contributed by atoms with Crippen molar-refractivity contribution in [2.24, 2.45) is 0 Å². The van der Waals surface area contributed by atoms with Crippen molar-refractivity contribution < 1.29 is 23.9 Å². The molecule has 0 radical (unpaired) electrons. The highest BCUT2D eigenvalue weighted by Gasteiger charge is 2.09. The zero-order valence-electron chi connectivity index (χ0n) is 12.0. The largest absolute Gasteiger partial charge is 0.484 e. The quantitative estimate of drug-likeness (QED) is 0.766. The van der Waals surface area contributed by atoms with Crippen LogP contribution in [0, 0.1) is 0 Å². The maximum absolute atomic E-state index is 11.5. The fourth-order valence-electron chi connectivity index (χ4n) is 1.43. The van der Waals surface area contributed by atoms with Gasteiger partial charge in [0, 0.05) is 6.54 Å². The number of benzene rings is 1. The first-order valence-corrected chi connectivity index (χ1v) is 6.45. The molecule has 0 saturated carbocycles. The molecular weight excluding hydrogens is 276 g/mol. The zero-order chi connectivity index (χ0) is 15.7. The third-order valence-electron chi connectivity index (χ3n) is 2.41. The number of rotatable bonds is 6. The van der Waals surface area contributed by atoms with Gasteiger partial charge in [-0.1, -0.05) is 13.0 Å². The van der Waals surface area contributed by atoms with Gasteiger partial charge in [0.05, 0.1) is 12.7 Å². The van der Waals surface area contributed by atoms with Crippen LogP contribution >= 0.6 is 0 Å². The Hall–Kier alpha value is -2.57. The van der Waals surface area contributed by atoms with E-state index in [1.807, 2.05) is 6.92 Å². The van der Waals surface area contributed by atoms with Gasteiger partial charge in [0.15, 0.2) is 6.61 Å². The highest BCUT2D eigenvalue weighted by molar-refractivity contribution is 5.95. The average Bonchev–Trinajstić information content (AvgIpc) is 2.50. The van der Waals surface area contributed by atoms with E-state index in [-0.39, 0.29) is 6.61 Å². The van der Waals surface area contributed by atoms with E-state index in [0.717, 1.165) is 6.42 Å². The van der Waals surface area contributed by atoms with Gasteiger partial charge in [0.2, 0.25) is 0 Å². The van der Waals surface area contributed by atoms with Crippen molar-refractivity contribution in [2.45, 2.75) is 13.3 Å². The van der Waals surface area contributed by atoms with Crippen molar-refractivity contribution in [3.8, 4) is 5.75 Å². The van der Waals surface area contributed by atoms with E-state index >= 15 is 0 Å². The van der Waals surface area contributed by atoms with Crippen LogP contribution in [0.4, 0.5) is 4.79 Å². The zero-order valence-corrected chi connectivity index (χ0v) is 12.0. The molecule has 0 fully saturated rings. The molecule has 7 heteroatoms. The molecule has 0 aliphatic rings. The number of carbonyl (C=O) groups excluding carboxylic acids is 3. The van der Waals surface area contributed by atoms with Crippen LogP contribution in [0.25, 0.3) is 0 Å². The minimum Gasteiger partial charge on any atom is -0.484 e. The predicted molar refractivity (Wildman–Crippen MR) is 75.1 cm³/mol. The lowest BCUT2D eigenvalue weighted by molar-refractivity contribution is -0.122. The van der Waals surface area contributed by atoms with E-state index in [1.165, 1.54) is 13.2 Å². The van der Waals surface area contributed by atoms with Gasteiger partial charge in [-0.2, -0.15) is 0 Å². The van der Waals surface area contributed by atoms with Gasteiger partial charge in [0.1, 0.15) is 5.75 Å². The highest BCUT2D eigenvalue weighted by atomic mass is 16.5. The Morgan fingerprint density at radius 1 is 1.24 bits per heavy atom. The van der Waals surface area contributed by atoms with E-state index in [1.54, 1.807) is 18.2 Å². The molecule has 0 atom stereocenters. The van der Waals surface area contributed by atoms with Crippen molar-refractivity contribution in [3.05, 3.63) is 29.8 Å². The molecule has 2 N–H and O–H groups in total. The van der Waals surface area contributed by atoms with Gasteiger partial charge in [-0.25, -0.2) is 9.59 Å². The number of imide groups is 1. The molecule has 3 amide bonds. The van der Waals surface area contributed by atoms with E-state index < -0.39 is 17.9 Å². The molecule has 0 aliphatic heterocycles. The summed E-state index contributed by atoms with van der Waals surface area (Å²) in [5.41, 5.74) is 0.316. The second-order valence-corrected chi connectivity index (χ2v) is 4.11. The molecule has 1 aromatic carbocycles. The summed E-state index contributed by atoms with van der Waals surface area (Å²) in [6.07, 6.45) is 0.776. The van der Waals surface area contributed by atoms with Gasteiger partial charge >= 0.3 is 12.0 Å². The number of hydrogen-bond acceptors (Lipinski definition) is 5. The molecule has 0 saturated heterocycles. The lowest BCUT2D eigenvalue weighted by Crippen LogP contribution is -2.41. The third kappa shape index (κ3) is 5.94. The van der Waals surface area contributed by atoms with Crippen molar-refractivity contribution in [2.75, 3.05) is 20.3 Å². The molecule has 0 unspecified atom stereocenters. The first kappa shape index (κ1) is 16.5. The summed E-state index contributed by atoms with van der Waals surface area (Å²) < 4.78 is 9.79. The first-order valence-electron chi connectivity index (χ1n) is 6.45. The molecule has 21 heavy (non-hydrogen) atoms. The fourth-order valence-corrected chi connectivity index (χ4v) is 1.43. The molecule has 0 heterocycles. The monoisotopic (exact) mass is 294 g/mol. The molecule has 114 valence electrons. The second kappa shape index (κ2) is 8.57. The lowest BCUT2D eigenvalue weighted by Gasteiger charge is -2.08. The summed E-state index contributed by atoms with van der Waals surface area (Å²) in [5.74, 6) is -0.738. The maximum Gasteiger partial charge on any atom is 0.337 e. The molecule has 0 spiro atoms. The molecule has 1 aromatic rings. The lowest BCUT2D eigenvalue weighted by atomic mass is 10.2. The molecule has 7 nitrogen and oxygen atoms in total. The van der Waals surface area contributed by atoms with Crippen LogP contribution in [-0.4, -0.2) is 38.2 Å². The minimum atomic E-state index is -0.577. The number of esters is 1. The van der Waals surface area contributed by atoms with Crippen LogP contribution in [-0.2, 0) is 9.53 Å². The normalized spacial score (nSPS) is 9.62. The minimum absolute atomic E-state index is 0.316. The number of nitrogens with one attached hydrogen (secondary N) is 2. The van der Waals surface area contributed by atoms with E-state index in [0.29, 0.717) is 17.9 Å². The SMILES string of the molecule is CCCNC(=O)NC(=O)COc1cccc(C(=O)OC)c1. The van der Waals surface area contributed by atoms with Crippen LogP contribution in [0.1, 0.15) is 23.7 Å². The molecule has 0 bridgehead atoms. The summed E-state index contributed by atoms with van der Waals surface area (Å²) in [6, 6.07) is 5.66. The molecule has 0 aliphatic carbocycles. The Kier molecular flexibility index (Phi) is 6.73. The number of amides is 3. The Morgan fingerprint density at radius 2 is 2.00 bits per heavy atom. The van der Waals surface area contributed by atoms with E-state index in [4.69, 9.17) is 4.74 Å². The summed E-state index contributed by atoms with van der Waals surface area (Å²) >= 11 is 0. The van der Waals surface area contributed by atoms with Crippen molar-refractivity contribution >= 4 is 17.9 Å². The van der Waals surface area contributed by atoms with Gasteiger partial charge in [-0.05, 0) is 24.6 Å². The Labute approximate surface area is 122 Å². The summed E-state index contributed by atoms with van der Waals surface area (Å²) in [4.78, 5) is 34.1. The molecular formula is C14H18N2O5. The van der Waals surface area contributed by atoms with E-state index in [2.05, 4.69) is 15.4 Å². The van der Waals surface area contributed by atoms with Crippen LogP contribution < -0.4 is 15.4 Å². The number of ether oxygens (including phenoxy) is 2. The Morgan fingerprint density at radius 3 is 2.67 bits per heavy atom. The molecule has 0 aromatic heterocycles. The predicted octanol–water partition coefficient (Wildman–Crippen LogP) is 1.09. The smallest absolute Gasteiger partial charge is 0.337 e. The van der Waals surface area contributed by atoms with Crippen LogP contribution in [0.2, 0.25) is 0 Å². The van der Waals surface area contributed by atoms with Gasteiger partial charge in [0.25, 0.3) is 5.91 Å². The van der Waals surface area contributed by atoms with Crippen LogP contribution in [0.5, 0.6) is 5.75 Å². The van der Waals surface area contributed by atoms with Crippen LogP contribution in [0.3, 0.4) is 0 Å². The van der Waals surface area contributed by atoms with Crippen LogP contribution in [0.15, 0.2) is 24.3 Å². The standard InChI is InChI=1S/C14H18N2O5/c1-3-7-15-14(19)16-12(17)9-21-11-6-4-5-10(8-11)13(18)20-2/h4-6,8H,3,7,9H2,1-2H3,(H2,15,16,17,19). The number of urea groups is 1. The third-order valence-corrected chi connectivity index (χ3v) is 2.41. The average molecular weight is 294 g/mol. The first-order chi connectivity index (χ1) is 10.1. The number of methoxy groups -OCH3 is 1. The van der Waals surface area contributed by atoms with E-state index in [9.17, 15) is 14.4 Å². The summed E-state index contributed by atoms with van der Waals surface area (Å²) in [7, 11) is 1.28. The summed E-state index contributed by atoms with van der Waals surface area (Å²) in [5, 5.41) is 4.63. The number of hydrogen-bond donors (Lipinski definition) is 2. The Balaban J connectivity index is 2.46. The topological polar surface area (TPSA) is 93.7 Å². The maximum atomic E-state index is 11.5.